The van der Waals surface area contributed by atoms with Crippen molar-refractivity contribution in [3.63, 3.8) is 0 Å². The minimum atomic E-state index is 0.0265. The number of nitrogens with one attached hydrogen (secondary N) is 1. The van der Waals surface area contributed by atoms with Crippen LogP contribution in [0.3, 0.4) is 0 Å². The van der Waals surface area contributed by atoms with Crippen molar-refractivity contribution in [2.45, 2.75) is 26.2 Å². The smallest absolute Gasteiger partial charge is 0.224 e. The summed E-state index contributed by atoms with van der Waals surface area (Å²) in [6.45, 7) is 5.65. The second kappa shape index (κ2) is 9.44. The maximum atomic E-state index is 12.4. The van der Waals surface area contributed by atoms with E-state index in [4.69, 9.17) is 9.47 Å². The predicted molar refractivity (Wildman–Crippen MR) is 120 cm³/mol. The fourth-order valence-corrected chi connectivity index (χ4v) is 4.64. The van der Waals surface area contributed by atoms with Crippen LogP contribution in [0.2, 0.25) is 0 Å². The molecule has 0 atom stereocenters. The minimum Gasteiger partial charge on any atom is -0.490 e. The molecule has 0 radical (unpaired) electrons. The van der Waals surface area contributed by atoms with Gasteiger partial charge in [-0.25, -0.2) is 0 Å². The topological polar surface area (TPSA) is 50.8 Å². The van der Waals surface area contributed by atoms with E-state index >= 15 is 0 Å². The third-order valence-electron chi connectivity index (χ3n) is 5.28. The van der Waals surface area contributed by atoms with Gasteiger partial charge < -0.3 is 19.7 Å². The van der Waals surface area contributed by atoms with E-state index in [1.165, 1.54) is 22.8 Å². The van der Waals surface area contributed by atoms with E-state index in [2.05, 4.69) is 29.3 Å². The molecular weight excluding hydrogens is 384 g/mol. The van der Waals surface area contributed by atoms with Gasteiger partial charge in [-0.05, 0) is 54.8 Å². The van der Waals surface area contributed by atoms with E-state index in [0.29, 0.717) is 26.1 Å². The van der Waals surface area contributed by atoms with Crippen LogP contribution in [-0.4, -0.2) is 43.7 Å². The maximum absolute atomic E-state index is 12.4. The van der Waals surface area contributed by atoms with Gasteiger partial charge in [-0.1, -0.05) is 6.07 Å². The van der Waals surface area contributed by atoms with Crippen molar-refractivity contribution < 1.29 is 14.3 Å². The molecule has 29 heavy (non-hydrogen) atoms. The van der Waals surface area contributed by atoms with Gasteiger partial charge in [-0.15, -0.1) is 0 Å². The zero-order valence-corrected chi connectivity index (χ0v) is 17.7. The molecule has 2 heterocycles. The largest absolute Gasteiger partial charge is 0.490 e. The second-order valence-electron chi connectivity index (χ2n) is 7.48. The van der Waals surface area contributed by atoms with E-state index in [1.54, 1.807) is 0 Å². The number of carbonyl (C=O) groups excluding carboxylic acids is 1. The molecule has 0 spiro atoms. The highest BCUT2D eigenvalue weighted by atomic mass is 32.2. The van der Waals surface area contributed by atoms with Crippen LogP contribution >= 0.6 is 11.8 Å². The van der Waals surface area contributed by atoms with Gasteiger partial charge >= 0.3 is 0 Å². The number of amides is 1. The zero-order valence-electron chi connectivity index (χ0n) is 16.9. The number of rotatable bonds is 5. The van der Waals surface area contributed by atoms with Gasteiger partial charge in [0.05, 0.1) is 13.2 Å². The number of benzene rings is 2. The third kappa shape index (κ3) is 5.18. The highest BCUT2D eigenvalue weighted by Crippen LogP contribution is 2.31. The van der Waals surface area contributed by atoms with Crippen molar-refractivity contribution in [3.8, 4) is 11.5 Å². The average Bonchev–Trinajstić information content (AvgIpc) is 2.98. The molecule has 2 aliphatic heterocycles. The molecule has 2 aromatic rings. The van der Waals surface area contributed by atoms with Crippen molar-refractivity contribution in [2.75, 3.05) is 48.0 Å². The number of thioether (sulfide) groups is 1. The van der Waals surface area contributed by atoms with Gasteiger partial charge in [0, 0.05) is 48.8 Å². The van der Waals surface area contributed by atoms with Gasteiger partial charge in [0.25, 0.3) is 0 Å². The molecule has 0 aliphatic carbocycles. The van der Waals surface area contributed by atoms with E-state index in [9.17, 15) is 4.79 Å². The number of anilines is 2. The number of carbonyl (C=O) groups is 1. The van der Waals surface area contributed by atoms with Crippen LogP contribution in [-0.2, 0) is 11.2 Å². The second-order valence-corrected chi connectivity index (χ2v) is 8.71. The first-order valence-electron chi connectivity index (χ1n) is 10.3. The SMILES string of the molecule is Cc1cc(NC(=O)CCc2ccc3c(c2)OCCCO3)ccc1N1CCSCC1. The Labute approximate surface area is 176 Å². The van der Waals surface area contributed by atoms with Gasteiger partial charge in [-0.3, -0.25) is 4.79 Å². The normalized spacial score (nSPS) is 16.2. The summed E-state index contributed by atoms with van der Waals surface area (Å²) >= 11 is 2.01. The third-order valence-corrected chi connectivity index (χ3v) is 6.23. The molecule has 0 bridgehead atoms. The Morgan fingerprint density at radius 2 is 1.86 bits per heavy atom. The molecule has 1 fully saturated rings. The lowest BCUT2D eigenvalue weighted by molar-refractivity contribution is -0.116. The predicted octanol–water partition coefficient (Wildman–Crippen LogP) is 4.28. The summed E-state index contributed by atoms with van der Waals surface area (Å²) in [7, 11) is 0. The van der Waals surface area contributed by atoms with Crippen molar-refractivity contribution in [2.24, 2.45) is 0 Å². The first-order chi connectivity index (χ1) is 14.2. The van der Waals surface area contributed by atoms with Crippen molar-refractivity contribution in [1.29, 1.82) is 0 Å². The monoisotopic (exact) mass is 412 g/mol. The van der Waals surface area contributed by atoms with Crippen molar-refractivity contribution in [1.82, 2.24) is 0 Å². The summed E-state index contributed by atoms with van der Waals surface area (Å²) in [5.74, 6) is 3.95. The Kier molecular flexibility index (Phi) is 6.49. The molecule has 4 rings (SSSR count). The molecule has 0 unspecified atom stereocenters. The quantitative estimate of drug-likeness (QED) is 0.794. The Morgan fingerprint density at radius 3 is 2.66 bits per heavy atom. The molecule has 2 aromatic carbocycles. The standard InChI is InChI=1S/C23H28N2O3S/c1-17-15-19(5-6-20(17)25-9-13-29-14-10-25)24-23(26)8-4-18-3-7-21-22(16-18)28-12-2-11-27-21/h3,5-7,15-16H,2,4,8-14H2,1H3,(H,24,26). The summed E-state index contributed by atoms with van der Waals surface area (Å²) in [4.78, 5) is 14.9. The maximum Gasteiger partial charge on any atom is 0.224 e. The molecule has 1 saturated heterocycles. The van der Waals surface area contributed by atoms with Crippen molar-refractivity contribution in [3.05, 3.63) is 47.5 Å². The first kappa shape index (κ1) is 20.0. The van der Waals surface area contributed by atoms with E-state index < -0.39 is 0 Å². The van der Waals surface area contributed by atoms with Crippen LogP contribution in [0.5, 0.6) is 11.5 Å². The fraction of sp³-hybridized carbons (Fsp3) is 0.435. The zero-order chi connectivity index (χ0) is 20.1. The highest BCUT2D eigenvalue weighted by Gasteiger charge is 2.14. The summed E-state index contributed by atoms with van der Waals surface area (Å²) in [6.07, 6.45) is 2.00. The van der Waals surface area contributed by atoms with Crippen LogP contribution in [0.1, 0.15) is 24.0 Å². The van der Waals surface area contributed by atoms with E-state index in [1.807, 2.05) is 36.0 Å². The molecule has 154 valence electrons. The lowest BCUT2D eigenvalue weighted by Crippen LogP contribution is -2.32. The Bertz CT molecular complexity index is 865. The van der Waals surface area contributed by atoms with Crippen LogP contribution in [0.25, 0.3) is 0 Å². The molecule has 1 N–H and O–H groups in total. The van der Waals surface area contributed by atoms with E-state index in [0.717, 1.165) is 42.3 Å². The summed E-state index contributed by atoms with van der Waals surface area (Å²) in [5.41, 5.74) is 4.42. The molecule has 0 saturated carbocycles. The lowest BCUT2D eigenvalue weighted by atomic mass is 10.1. The number of hydrogen-bond donors (Lipinski definition) is 1. The Balaban J connectivity index is 1.33. The Morgan fingerprint density at radius 1 is 1.07 bits per heavy atom. The van der Waals surface area contributed by atoms with Crippen LogP contribution in [0, 0.1) is 6.92 Å². The molecule has 6 heteroatoms. The van der Waals surface area contributed by atoms with E-state index in [-0.39, 0.29) is 5.91 Å². The van der Waals surface area contributed by atoms with Crippen LogP contribution in [0.15, 0.2) is 36.4 Å². The van der Waals surface area contributed by atoms with Gasteiger partial charge in [-0.2, -0.15) is 11.8 Å². The van der Waals surface area contributed by atoms with Gasteiger partial charge in [0.15, 0.2) is 11.5 Å². The number of hydrogen-bond acceptors (Lipinski definition) is 5. The minimum absolute atomic E-state index is 0.0265. The van der Waals surface area contributed by atoms with Crippen molar-refractivity contribution >= 4 is 29.0 Å². The van der Waals surface area contributed by atoms with Gasteiger partial charge in [0.1, 0.15) is 0 Å². The number of aryl methyl sites for hydroxylation is 2. The molecular formula is C23H28N2O3S. The van der Waals surface area contributed by atoms with Gasteiger partial charge in [0.2, 0.25) is 5.91 Å². The number of ether oxygens (including phenoxy) is 2. The first-order valence-corrected chi connectivity index (χ1v) is 11.5. The summed E-state index contributed by atoms with van der Waals surface area (Å²) < 4.78 is 11.4. The highest BCUT2D eigenvalue weighted by molar-refractivity contribution is 7.99. The molecule has 0 aromatic heterocycles. The number of nitrogens with zero attached hydrogens (tertiary/aromatic N) is 1. The Hall–Kier alpha value is -2.34. The van der Waals surface area contributed by atoms with Crippen LogP contribution < -0.4 is 19.7 Å². The summed E-state index contributed by atoms with van der Waals surface area (Å²) in [5, 5.41) is 3.04. The molecule has 5 nitrogen and oxygen atoms in total. The molecule has 2 aliphatic rings. The lowest BCUT2D eigenvalue weighted by Gasteiger charge is -2.30. The summed E-state index contributed by atoms with van der Waals surface area (Å²) in [6, 6.07) is 12.2. The molecule has 1 amide bonds. The van der Waals surface area contributed by atoms with Crippen LogP contribution in [0.4, 0.5) is 11.4 Å². The number of fused-ring (bicyclic) bond motifs is 1. The average molecular weight is 413 g/mol. The fourth-order valence-electron chi connectivity index (χ4n) is 3.74.